The Morgan fingerprint density at radius 1 is 1.32 bits per heavy atom. The van der Waals surface area contributed by atoms with E-state index in [1.54, 1.807) is 18.3 Å². The lowest BCUT2D eigenvalue weighted by molar-refractivity contribution is -0.385. The Labute approximate surface area is 126 Å². The fourth-order valence-corrected chi connectivity index (χ4v) is 2.42. The molecule has 1 heterocycles. The summed E-state index contributed by atoms with van der Waals surface area (Å²) in [7, 11) is 0. The van der Waals surface area contributed by atoms with Crippen LogP contribution in [0.15, 0.2) is 39.4 Å². The Morgan fingerprint density at radius 2 is 2.05 bits per heavy atom. The summed E-state index contributed by atoms with van der Waals surface area (Å²) in [5, 5.41) is 11.0. The van der Waals surface area contributed by atoms with Gasteiger partial charge in [0.05, 0.1) is 13.9 Å². The largest absolute Gasteiger partial charge is 0.429 e. The van der Waals surface area contributed by atoms with E-state index in [1.165, 1.54) is 6.07 Å². The van der Waals surface area contributed by atoms with E-state index in [9.17, 15) is 10.1 Å². The van der Waals surface area contributed by atoms with Crippen LogP contribution in [0.25, 0.3) is 0 Å². The number of pyridine rings is 1. The second-order valence-corrected chi connectivity index (χ2v) is 5.46. The zero-order valence-electron chi connectivity index (χ0n) is 9.76. The highest BCUT2D eigenvalue weighted by molar-refractivity contribution is 9.11. The SMILES string of the molecule is Cc1cnc(Oc2c(Br)cccc2[N+](=O)[O-])c(Br)c1. The van der Waals surface area contributed by atoms with E-state index in [1.807, 2.05) is 13.0 Å². The number of nitrogens with zero attached hydrogens (tertiary/aromatic N) is 2. The van der Waals surface area contributed by atoms with Gasteiger partial charge in [-0.2, -0.15) is 0 Å². The van der Waals surface area contributed by atoms with Gasteiger partial charge >= 0.3 is 5.69 Å². The van der Waals surface area contributed by atoms with Crippen LogP contribution in [0.3, 0.4) is 0 Å². The minimum atomic E-state index is -0.498. The van der Waals surface area contributed by atoms with Crippen molar-refractivity contribution in [3.05, 3.63) is 55.1 Å². The minimum absolute atomic E-state index is 0.122. The van der Waals surface area contributed by atoms with E-state index in [2.05, 4.69) is 36.8 Å². The van der Waals surface area contributed by atoms with Crippen molar-refractivity contribution in [2.75, 3.05) is 0 Å². The highest BCUT2D eigenvalue weighted by atomic mass is 79.9. The van der Waals surface area contributed by atoms with Gasteiger partial charge in [-0.3, -0.25) is 10.1 Å². The number of hydrogen-bond donors (Lipinski definition) is 0. The van der Waals surface area contributed by atoms with Crippen molar-refractivity contribution in [3.8, 4) is 11.6 Å². The lowest BCUT2D eigenvalue weighted by Gasteiger charge is -2.09. The van der Waals surface area contributed by atoms with Gasteiger partial charge in [-0.15, -0.1) is 0 Å². The third-order valence-corrected chi connectivity index (χ3v) is 3.48. The van der Waals surface area contributed by atoms with Crippen LogP contribution in [-0.2, 0) is 0 Å². The molecular weight excluding hydrogens is 380 g/mol. The summed E-state index contributed by atoms with van der Waals surface area (Å²) >= 11 is 6.56. The number of hydrogen-bond acceptors (Lipinski definition) is 4. The first-order chi connectivity index (χ1) is 8.99. The average molecular weight is 388 g/mol. The Bertz CT molecular complexity index is 647. The van der Waals surface area contributed by atoms with Crippen LogP contribution in [0, 0.1) is 17.0 Å². The first-order valence-electron chi connectivity index (χ1n) is 5.22. The predicted molar refractivity (Wildman–Crippen MR) is 77.5 cm³/mol. The van der Waals surface area contributed by atoms with Crippen molar-refractivity contribution >= 4 is 37.5 Å². The molecule has 2 rings (SSSR count). The summed E-state index contributed by atoms with van der Waals surface area (Å²) in [6, 6.07) is 6.45. The molecule has 0 aliphatic rings. The molecule has 0 saturated carbocycles. The number of para-hydroxylation sites is 1. The second-order valence-electron chi connectivity index (χ2n) is 3.75. The van der Waals surface area contributed by atoms with E-state index >= 15 is 0 Å². The lowest BCUT2D eigenvalue weighted by Crippen LogP contribution is -1.96. The molecule has 0 N–H and O–H groups in total. The molecule has 0 saturated heterocycles. The molecule has 0 aliphatic heterocycles. The van der Waals surface area contributed by atoms with Crippen LogP contribution >= 0.6 is 31.9 Å². The van der Waals surface area contributed by atoms with Gasteiger partial charge in [0.15, 0.2) is 0 Å². The van der Waals surface area contributed by atoms with Crippen LogP contribution in [0.1, 0.15) is 5.56 Å². The number of aryl methyl sites for hydroxylation is 1. The molecule has 0 radical (unpaired) electrons. The molecule has 0 aliphatic carbocycles. The van der Waals surface area contributed by atoms with Gasteiger partial charge in [0.1, 0.15) is 0 Å². The highest BCUT2D eigenvalue weighted by Gasteiger charge is 2.20. The molecule has 7 heteroatoms. The highest BCUT2D eigenvalue weighted by Crippen LogP contribution is 2.39. The molecule has 1 aromatic carbocycles. The molecule has 19 heavy (non-hydrogen) atoms. The zero-order valence-corrected chi connectivity index (χ0v) is 12.9. The maximum Gasteiger partial charge on any atom is 0.312 e. The zero-order chi connectivity index (χ0) is 14.0. The molecule has 0 amide bonds. The number of aromatic nitrogens is 1. The molecule has 0 spiro atoms. The molecule has 0 atom stereocenters. The predicted octanol–water partition coefficient (Wildman–Crippen LogP) is 4.62. The Hall–Kier alpha value is -1.47. The Balaban J connectivity index is 2.46. The number of nitro groups is 1. The molecule has 1 aromatic heterocycles. The van der Waals surface area contributed by atoms with Crippen molar-refractivity contribution < 1.29 is 9.66 Å². The second kappa shape index (κ2) is 5.66. The fourth-order valence-electron chi connectivity index (χ4n) is 1.44. The normalized spacial score (nSPS) is 10.3. The van der Waals surface area contributed by atoms with Crippen molar-refractivity contribution in [3.63, 3.8) is 0 Å². The number of ether oxygens (including phenoxy) is 1. The van der Waals surface area contributed by atoms with Gasteiger partial charge in [0, 0.05) is 12.3 Å². The molecule has 2 aromatic rings. The molecule has 98 valence electrons. The van der Waals surface area contributed by atoms with Crippen molar-refractivity contribution in [2.24, 2.45) is 0 Å². The lowest BCUT2D eigenvalue weighted by atomic mass is 10.3. The quantitative estimate of drug-likeness (QED) is 0.569. The summed E-state index contributed by atoms with van der Waals surface area (Å²) in [6.07, 6.45) is 1.63. The van der Waals surface area contributed by atoms with E-state index in [0.29, 0.717) is 8.95 Å². The van der Waals surface area contributed by atoms with Crippen LogP contribution in [0.5, 0.6) is 11.6 Å². The number of nitro benzene ring substituents is 1. The van der Waals surface area contributed by atoms with Gasteiger partial charge in [-0.1, -0.05) is 6.07 Å². The Morgan fingerprint density at radius 3 is 2.68 bits per heavy atom. The maximum absolute atomic E-state index is 11.0. The van der Waals surface area contributed by atoms with E-state index in [0.717, 1.165) is 5.56 Å². The van der Waals surface area contributed by atoms with Gasteiger partial charge < -0.3 is 4.74 Å². The monoisotopic (exact) mass is 386 g/mol. The number of benzene rings is 1. The van der Waals surface area contributed by atoms with Crippen molar-refractivity contribution in [2.45, 2.75) is 6.92 Å². The van der Waals surface area contributed by atoms with Gasteiger partial charge in [-0.05, 0) is 56.5 Å². The van der Waals surface area contributed by atoms with E-state index in [-0.39, 0.29) is 17.3 Å². The van der Waals surface area contributed by atoms with E-state index in [4.69, 9.17) is 4.74 Å². The molecule has 5 nitrogen and oxygen atoms in total. The maximum atomic E-state index is 11.0. The molecular formula is C12H8Br2N2O3. The van der Waals surface area contributed by atoms with Crippen LogP contribution in [0.2, 0.25) is 0 Å². The first-order valence-corrected chi connectivity index (χ1v) is 6.80. The summed E-state index contributed by atoms with van der Waals surface area (Å²) in [6.45, 7) is 1.89. The molecule has 0 unspecified atom stereocenters. The fraction of sp³-hybridized carbons (Fsp3) is 0.0833. The van der Waals surface area contributed by atoms with Crippen LogP contribution in [0.4, 0.5) is 5.69 Å². The smallest absolute Gasteiger partial charge is 0.312 e. The third-order valence-electron chi connectivity index (χ3n) is 2.29. The average Bonchev–Trinajstić information content (AvgIpc) is 2.34. The summed E-state index contributed by atoms with van der Waals surface area (Å²) in [5.41, 5.74) is 0.838. The third kappa shape index (κ3) is 3.10. The minimum Gasteiger partial charge on any atom is -0.429 e. The summed E-state index contributed by atoms with van der Waals surface area (Å²) in [5.74, 6) is 0.408. The molecule has 0 bridgehead atoms. The molecule has 0 fully saturated rings. The van der Waals surface area contributed by atoms with Crippen molar-refractivity contribution in [1.82, 2.24) is 4.98 Å². The Kier molecular flexibility index (Phi) is 4.16. The van der Waals surface area contributed by atoms with Crippen molar-refractivity contribution in [1.29, 1.82) is 0 Å². The number of rotatable bonds is 3. The standard InChI is InChI=1S/C12H8Br2N2O3/c1-7-5-9(14)12(15-6-7)19-11-8(13)3-2-4-10(11)16(17)18/h2-6H,1H3. The van der Waals surface area contributed by atoms with Crippen LogP contribution < -0.4 is 4.74 Å². The van der Waals surface area contributed by atoms with Gasteiger partial charge in [0.25, 0.3) is 0 Å². The number of halogens is 2. The van der Waals surface area contributed by atoms with E-state index < -0.39 is 4.92 Å². The van der Waals surface area contributed by atoms with Gasteiger partial charge in [0.2, 0.25) is 11.6 Å². The topological polar surface area (TPSA) is 65.3 Å². The summed E-state index contributed by atoms with van der Waals surface area (Å²) < 4.78 is 6.67. The van der Waals surface area contributed by atoms with Crippen LogP contribution in [-0.4, -0.2) is 9.91 Å². The first kappa shape index (κ1) is 14.0. The van der Waals surface area contributed by atoms with Gasteiger partial charge in [-0.25, -0.2) is 4.98 Å². The summed E-state index contributed by atoms with van der Waals surface area (Å²) in [4.78, 5) is 14.6.